The van der Waals surface area contributed by atoms with Crippen LogP contribution in [-0.4, -0.2) is 69.9 Å². The lowest BCUT2D eigenvalue weighted by atomic mass is 10.0. The summed E-state index contributed by atoms with van der Waals surface area (Å²) in [7, 11) is 1.63. The van der Waals surface area contributed by atoms with Gasteiger partial charge < -0.3 is 19.3 Å². The van der Waals surface area contributed by atoms with E-state index in [1.807, 2.05) is 61.2 Å². The van der Waals surface area contributed by atoms with Crippen LogP contribution in [-0.2, 0) is 17.9 Å². The van der Waals surface area contributed by atoms with Crippen molar-refractivity contribution in [1.29, 1.82) is 0 Å². The number of hydrogen-bond donors (Lipinski definition) is 0. The van der Waals surface area contributed by atoms with Crippen molar-refractivity contribution in [3.8, 4) is 5.75 Å². The van der Waals surface area contributed by atoms with Crippen LogP contribution in [0.2, 0.25) is 0 Å². The molecule has 1 atom stereocenters. The predicted octanol–water partition coefficient (Wildman–Crippen LogP) is 2.77. The van der Waals surface area contributed by atoms with Crippen LogP contribution in [0.15, 0.2) is 42.5 Å². The molecule has 182 valence electrons. The van der Waals surface area contributed by atoms with Crippen molar-refractivity contribution in [3.63, 3.8) is 0 Å². The molecule has 0 aliphatic carbocycles. The van der Waals surface area contributed by atoms with E-state index in [-0.39, 0.29) is 24.5 Å². The van der Waals surface area contributed by atoms with Gasteiger partial charge in [-0.2, -0.15) is 0 Å². The Hall–Kier alpha value is -3.72. The quantitative estimate of drug-likeness (QED) is 0.577. The van der Waals surface area contributed by atoms with Crippen LogP contribution < -0.4 is 4.74 Å². The largest absolute Gasteiger partial charge is 0.497 e. The van der Waals surface area contributed by atoms with Crippen molar-refractivity contribution < 1.29 is 19.1 Å². The maximum Gasteiger partial charge on any atom is 0.276 e. The van der Waals surface area contributed by atoms with Crippen molar-refractivity contribution in [2.75, 3.05) is 33.3 Å². The molecule has 0 spiro atoms. The third-order valence-corrected chi connectivity index (χ3v) is 6.77. The number of hydrogen-bond acceptors (Lipinski definition) is 6. The third-order valence-electron chi connectivity index (χ3n) is 6.77. The molecule has 35 heavy (non-hydrogen) atoms. The van der Waals surface area contributed by atoms with Gasteiger partial charge in [-0.1, -0.05) is 35.0 Å². The number of fused-ring (bicyclic) bond motifs is 1. The van der Waals surface area contributed by atoms with E-state index < -0.39 is 0 Å². The highest BCUT2D eigenvalue weighted by molar-refractivity contribution is 5.96. The molecule has 0 N–H and O–H groups in total. The second kappa shape index (κ2) is 9.50. The number of aryl methyl sites for hydroxylation is 2. The van der Waals surface area contributed by atoms with Crippen molar-refractivity contribution in [1.82, 2.24) is 24.8 Å². The molecule has 0 bridgehead atoms. The van der Waals surface area contributed by atoms with E-state index in [1.54, 1.807) is 16.7 Å². The molecule has 3 heterocycles. The first kappa shape index (κ1) is 23.0. The first-order chi connectivity index (χ1) is 16.9. The molecule has 2 aromatic carbocycles. The van der Waals surface area contributed by atoms with Gasteiger partial charge in [-0.25, -0.2) is 4.68 Å². The second-order valence-electron chi connectivity index (χ2n) is 9.04. The third kappa shape index (κ3) is 4.51. The summed E-state index contributed by atoms with van der Waals surface area (Å²) in [5, 5.41) is 8.43. The Morgan fingerprint density at radius 3 is 2.34 bits per heavy atom. The van der Waals surface area contributed by atoms with E-state index in [2.05, 4.69) is 10.3 Å². The molecule has 0 unspecified atom stereocenters. The minimum Gasteiger partial charge on any atom is -0.497 e. The number of carbonyl (C=O) groups excluding carboxylic acids is 2. The van der Waals surface area contributed by atoms with Gasteiger partial charge in [0.2, 0.25) is 0 Å². The van der Waals surface area contributed by atoms with Crippen LogP contribution in [0.5, 0.6) is 5.75 Å². The Bertz CT molecular complexity index is 1250. The molecule has 0 radical (unpaired) electrons. The lowest BCUT2D eigenvalue weighted by Crippen LogP contribution is -2.51. The van der Waals surface area contributed by atoms with Gasteiger partial charge in [-0.3, -0.25) is 9.59 Å². The highest BCUT2D eigenvalue weighted by Crippen LogP contribution is 2.28. The number of carbonyl (C=O) groups is 2. The van der Waals surface area contributed by atoms with Crippen molar-refractivity contribution in [2.45, 2.75) is 33.1 Å². The molecule has 1 fully saturated rings. The van der Waals surface area contributed by atoms with Crippen LogP contribution in [0.1, 0.15) is 49.3 Å². The number of nitrogens with zero attached hydrogens (tertiary/aromatic N) is 5. The van der Waals surface area contributed by atoms with E-state index in [1.165, 1.54) is 0 Å². The molecule has 5 rings (SSSR count). The summed E-state index contributed by atoms with van der Waals surface area (Å²) in [6.45, 7) is 6.55. The minimum atomic E-state index is -0.170. The zero-order valence-corrected chi connectivity index (χ0v) is 20.2. The summed E-state index contributed by atoms with van der Waals surface area (Å²) in [6.07, 6.45) is -0.169. The van der Waals surface area contributed by atoms with Gasteiger partial charge in [0.05, 0.1) is 26.0 Å². The fraction of sp³-hybridized carbons (Fsp3) is 0.385. The number of amides is 2. The van der Waals surface area contributed by atoms with Crippen LogP contribution >= 0.6 is 0 Å². The average Bonchev–Trinajstić information content (AvgIpc) is 3.32. The second-order valence-corrected chi connectivity index (χ2v) is 9.04. The highest BCUT2D eigenvalue weighted by Gasteiger charge is 2.32. The number of ether oxygens (including phenoxy) is 2. The Morgan fingerprint density at radius 1 is 0.971 bits per heavy atom. The van der Waals surface area contributed by atoms with Gasteiger partial charge in [-0.05, 0) is 43.2 Å². The number of benzene rings is 2. The number of aromatic nitrogens is 3. The molecule has 2 aliphatic rings. The van der Waals surface area contributed by atoms with Gasteiger partial charge in [0, 0.05) is 31.7 Å². The molecule has 1 aromatic heterocycles. The molecule has 9 nitrogen and oxygen atoms in total. The predicted molar refractivity (Wildman–Crippen MR) is 128 cm³/mol. The number of methoxy groups -OCH3 is 1. The Kier molecular flexibility index (Phi) is 6.25. The number of rotatable bonds is 4. The first-order valence-corrected chi connectivity index (χ1v) is 11.8. The molecule has 9 heteroatoms. The lowest BCUT2D eigenvalue weighted by molar-refractivity contribution is -0.00204. The zero-order valence-electron chi connectivity index (χ0n) is 20.2. The van der Waals surface area contributed by atoms with Gasteiger partial charge >= 0.3 is 0 Å². The summed E-state index contributed by atoms with van der Waals surface area (Å²) in [5.74, 6) is 0.628. The first-order valence-electron chi connectivity index (χ1n) is 11.8. The summed E-state index contributed by atoms with van der Waals surface area (Å²) >= 11 is 0. The van der Waals surface area contributed by atoms with Gasteiger partial charge in [0.15, 0.2) is 5.69 Å². The van der Waals surface area contributed by atoms with E-state index in [4.69, 9.17) is 9.47 Å². The smallest absolute Gasteiger partial charge is 0.276 e. The van der Waals surface area contributed by atoms with Crippen LogP contribution in [0.3, 0.4) is 0 Å². The zero-order chi connectivity index (χ0) is 24.5. The summed E-state index contributed by atoms with van der Waals surface area (Å²) in [4.78, 5) is 29.8. The fourth-order valence-corrected chi connectivity index (χ4v) is 4.60. The van der Waals surface area contributed by atoms with Crippen molar-refractivity contribution in [2.24, 2.45) is 0 Å². The van der Waals surface area contributed by atoms with Crippen LogP contribution in [0.4, 0.5) is 0 Å². The molecule has 2 amide bonds. The van der Waals surface area contributed by atoms with Gasteiger partial charge in [0.25, 0.3) is 11.8 Å². The van der Waals surface area contributed by atoms with E-state index >= 15 is 0 Å². The summed E-state index contributed by atoms with van der Waals surface area (Å²) < 4.78 is 13.0. The summed E-state index contributed by atoms with van der Waals surface area (Å²) in [5.41, 5.74) is 4.77. The molecule has 3 aromatic rings. The average molecular weight is 476 g/mol. The van der Waals surface area contributed by atoms with Crippen LogP contribution in [0, 0.1) is 13.8 Å². The molecule has 1 saturated heterocycles. The SMILES string of the molecule is COc1ccc([C@H]2Cn3nnc(C(=O)N4CCN(C(=O)c5cc(C)ccc5C)CC4)c3CO2)cc1. The molecular formula is C26H29N5O4. The standard InChI is InChI=1S/C26H29N5O4/c1-17-4-5-18(2)21(14-17)25(32)29-10-12-30(13-11-29)26(33)24-22-16-35-23(15-31(22)28-27-24)19-6-8-20(34-3)9-7-19/h4-9,14,23H,10-13,15-16H2,1-3H3/t23-/m1/s1. The van der Waals surface area contributed by atoms with E-state index in [9.17, 15) is 9.59 Å². The van der Waals surface area contributed by atoms with E-state index in [0.29, 0.717) is 44.1 Å². The maximum absolute atomic E-state index is 13.2. The molecular weight excluding hydrogens is 446 g/mol. The Balaban J connectivity index is 1.23. The van der Waals surface area contributed by atoms with Gasteiger partial charge in [-0.15, -0.1) is 5.10 Å². The minimum absolute atomic E-state index is 0.0114. The van der Waals surface area contributed by atoms with Crippen LogP contribution in [0.25, 0.3) is 0 Å². The van der Waals surface area contributed by atoms with Crippen molar-refractivity contribution in [3.05, 3.63) is 76.1 Å². The molecule has 0 saturated carbocycles. The Morgan fingerprint density at radius 2 is 1.66 bits per heavy atom. The Labute approximate surface area is 204 Å². The lowest BCUT2D eigenvalue weighted by Gasteiger charge is -2.35. The van der Waals surface area contributed by atoms with E-state index in [0.717, 1.165) is 28.0 Å². The topological polar surface area (TPSA) is 89.8 Å². The highest BCUT2D eigenvalue weighted by atomic mass is 16.5. The molecule has 2 aliphatic heterocycles. The van der Waals surface area contributed by atoms with Crippen molar-refractivity contribution >= 4 is 11.8 Å². The fourth-order valence-electron chi connectivity index (χ4n) is 4.60. The maximum atomic E-state index is 13.2. The monoisotopic (exact) mass is 475 g/mol. The normalized spacial score (nSPS) is 17.7. The number of piperazine rings is 1. The van der Waals surface area contributed by atoms with Gasteiger partial charge in [0.1, 0.15) is 11.9 Å². The summed E-state index contributed by atoms with van der Waals surface area (Å²) in [6, 6.07) is 13.6.